The molecule has 1 aliphatic carbocycles. The highest BCUT2D eigenvalue weighted by atomic mass is 35.5. The Labute approximate surface area is 246 Å². The summed E-state index contributed by atoms with van der Waals surface area (Å²) < 4.78 is 1.46. The molecule has 3 N–H and O–H groups in total. The summed E-state index contributed by atoms with van der Waals surface area (Å²) in [4.78, 5) is 57.8. The first-order chi connectivity index (χ1) is 19.4. The molecule has 0 bridgehead atoms. The van der Waals surface area contributed by atoms with Crippen molar-refractivity contribution >= 4 is 46.9 Å². The van der Waals surface area contributed by atoms with Gasteiger partial charge in [0.15, 0.2) is 0 Å². The van der Waals surface area contributed by atoms with Crippen LogP contribution in [0.25, 0.3) is 5.69 Å². The largest absolute Gasteiger partial charge is 0.480 e. The summed E-state index contributed by atoms with van der Waals surface area (Å²) in [7, 11) is 0. The number of benzene rings is 2. The van der Waals surface area contributed by atoms with Crippen LogP contribution in [-0.4, -0.2) is 55.0 Å². The molecule has 2 heterocycles. The zero-order valence-electron chi connectivity index (χ0n) is 22.7. The highest BCUT2D eigenvalue weighted by molar-refractivity contribution is 6.42. The molecule has 0 saturated heterocycles. The lowest BCUT2D eigenvalue weighted by atomic mass is 9.98. The van der Waals surface area contributed by atoms with Gasteiger partial charge in [-0.1, -0.05) is 23.2 Å². The van der Waals surface area contributed by atoms with Gasteiger partial charge in [-0.05, 0) is 82.5 Å². The Hall–Kier alpha value is -3.89. The van der Waals surface area contributed by atoms with Crippen LogP contribution in [0.1, 0.15) is 65.6 Å². The Bertz CT molecular complexity index is 1620. The number of carbonyl (C=O) groups excluding carboxylic acids is 2. The number of nitrogens with one attached hydrogen (secondary N) is 2. The molecule has 2 amide bonds. The Balaban J connectivity index is 1.47. The molecule has 0 spiro atoms. The van der Waals surface area contributed by atoms with Gasteiger partial charge in [0.2, 0.25) is 5.95 Å². The third-order valence-electron chi connectivity index (χ3n) is 7.36. The molecule has 0 unspecified atom stereocenters. The van der Waals surface area contributed by atoms with Crippen LogP contribution < -0.4 is 16.2 Å². The standard InChI is InChI=1S/C29H29Cl2N5O5/c1-15(2)32-28-33-23-14-35(25(38)18-6-9-21(30)22(31)13-18)16(3)12-20(23)26(39)36(28)19-7-4-17(5-8-19)24(37)34-29(10-11-29)27(40)41/h4-9,13,15-16H,10-12,14H2,1-3H3,(H,32,33)(H,34,37)(H,40,41)/t16-/m1/s1. The molecule has 1 saturated carbocycles. The fourth-order valence-electron chi connectivity index (χ4n) is 4.89. The lowest BCUT2D eigenvalue weighted by molar-refractivity contribution is -0.140. The van der Waals surface area contributed by atoms with E-state index in [9.17, 15) is 24.3 Å². The number of amides is 2. The second-order valence-electron chi connectivity index (χ2n) is 10.8. The highest BCUT2D eigenvalue weighted by Gasteiger charge is 2.51. The van der Waals surface area contributed by atoms with Crippen molar-refractivity contribution in [3.8, 4) is 5.69 Å². The number of aromatic nitrogens is 2. The monoisotopic (exact) mass is 597 g/mol. The Morgan fingerprint density at radius 3 is 2.29 bits per heavy atom. The normalized spacial score (nSPS) is 17.1. The molecule has 1 aromatic heterocycles. The molecule has 41 heavy (non-hydrogen) atoms. The highest BCUT2D eigenvalue weighted by Crippen LogP contribution is 2.36. The van der Waals surface area contributed by atoms with Crippen LogP contribution in [0.3, 0.4) is 0 Å². The molecule has 0 radical (unpaired) electrons. The average Bonchev–Trinajstić information content (AvgIpc) is 3.71. The van der Waals surface area contributed by atoms with Crippen LogP contribution in [0, 0.1) is 0 Å². The number of hydrogen-bond donors (Lipinski definition) is 3. The maximum Gasteiger partial charge on any atom is 0.329 e. The Morgan fingerprint density at radius 2 is 1.71 bits per heavy atom. The van der Waals surface area contributed by atoms with Gasteiger partial charge in [0, 0.05) is 28.8 Å². The fraction of sp³-hybridized carbons (Fsp3) is 0.345. The summed E-state index contributed by atoms with van der Waals surface area (Å²) in [6.45, 7) is 5.85. The SMILES string of the molecule is CC(C)Nc1nc2c(c(=O)n1-c1ccc(C(=O)NC3(C(=O)O)CC3)cc1)C[C@@H](C)N(C(=O)c1ccc(Cl)c(Cl)c1)C2. The second kappa shape index (κ2) is 10.8. The van der Waals surface area contributed by atoms with E-state index in [4.69, 9.17) is 28.2 Å². The maximum absolute atomic E-state index is 13.9. The number of fused-ring (bicyclic) bond motifs is 1. The van der Waals surface area contributed by atoms with Crippen molar-refractivity contribution < 1.29 is 19.5 Å². The summed E-state index contributed by atoms with van der Waals surface area (Å²) in [5, 5.41) is 15.8. The van der Waals surface area contributed by atoms with E-state index in [0.717, 1.165) is 0 Å². The smallest absolute Gasteiger partial charge is 0.329 e. The zero-order valence-corrected chi connectivity index (χ0v) is 24.2. The number of nitrogens with zero attached hydrogens (tertiary/aromatic N) is 3. The van der Waals surface area contributed by atoms with E-state index >= 15 is 0 Å². The number of aliphatic carboxylic acids is 1. The minimum Gasteiger partial charge on any atom is -0.480 e. The second-order valence-corrected chi connectivity index (χ2v) is 11.6. The van der Waals surface area contributed by atoms with Crippen molar-refractivity contribution in [3.05, 3.63) is 85.2 Å². The predicted molar refractivity (Wildman–Crippen MR) is 155 cm³/mol. The quantitative estimate of drug-likeness (QED) is 0.370. The molecule has 214 valence electrons. The van der Waals surface area contributed by atoms with Crippen LogP contribution in [0.5, 0.6) is 0 Å². The lowest BCUT2D eigenvalue weighted by Gasteiger charge is -2.34. The van der Waals surface area contributed by atoms with Crippen LogP contribution in [0.4, 0.5) is 5.95 Å². The van der Waals surface area contributed by atoms with E-state index in [-0.39, 0.29) is 40.7 Å². The fourth-order valence-corrected chi connectivity index (χ4v) is 5.19. The van der Waals surface area contributed by atoms with Gasteiger partial charge in [0.25, 0.3) is 17.4 Å². The molecule has 2 aliphatic rings. The lowest BCUT2D eigenvalue weighted by Crippen LogP contribution is -2.46. The first-order valence-electron chi connectivity index (χ1n) is 13.2. The third-order valence-corrected chi connectivity index (χ3v) is 8.10. The summed E-state index contributed by atoms with van der Waals surface area (Å²) in [5.41, 5.74) is 0.699. The van der Waals surface area contributed by atoms with Gasteiger partial charge in [-0.3, -0.25) is 14.4 Å². The van der Waals surface area contributed by atoms with Gasteiger partial charge in [0.05, 0.1) is 28.0 Å². The Morgan fingerprint density at radius 1 is 1.05 bits per heavy atom. The van der Waals surface area contributed by atoms with Crippen molar-refractivity contribution in [2.24, 2.45) is 0 Å². The summed E-state index contributed by atoms with van der Waals surface area (Å²) in [6, 6.07) is 10.7. The molecular formula is C29H29Cl2N5O5. The van der Waals surface area contributed by atoms with Gasteiger partial charge in [-0.25, -0.2) is 14.3 Å². The summed E-state index contributed by atoms with van der Waals surface area (Å²) in [6.07, 6.45) is 1.08. The maximum atomic E-state index is 13.9. The number of carboxylic acids is 1. The van der Waals surface area contributed by atoms with Crippen molar-refractivity contribution in [1.29, 1.82) is 0 Å². The molecule has 1 aliphatic heterocycles. The number of rotatable bonds is 7. The number of halogens is 2. The molecule has 1 atom stereocenters. The summed E-state index contributed by atoms with van der Waals surface area (Å²) in [5.74, 6) is -1.48. The van der Waals surface area contributed by atoms with Gasteiger partial charge < -0.3 is 20.6 Å². The van der Waals surface area contributed by atoms with E-state index in [1.807, 2.05) is 20.8 Å². The van der Waals surface area contributed by atoms with Crippen molar-refractivity contribution in [2.75, 3.05) is 5.32 Å². The van der Waals surface area contributed by atoms with Gasteiger partial charge in [-0.2, -0.15) is 0 Å². The van der Waals surface area contributed by atoms with Crippen LogP contribution in [-0.2, 0) is 17.8 Å². The van der Waals surface area contributed by atoms with Crippen LogP contribution >= 0.6 is 23.2 Å². The number of anilines is 1. The minimum absolute atomic E-state index is 0.0570. The zero-order chi connectivity index (χ0) is 29.6. The Kier molecular flexibility index (Phi) is 7.56. The molecule has 5 rings (SSSR count). The molecule has 1 fully saturated rings. The average molecular weight is 598 g/mol. The van der Waals surface area contributed by atoms with Gasteiger partial charge in [-0.15, -0.1) is 0 Å². The third kappa shape index (κ3) is 5.54. The van der Waals surface area contributed by atoms with E-state index < -0.39 is 17.4 Å². The molecule has 3 aromatic rings. The first kappa shape index (κ1) is 28.6. The summed E-state index contributed by atoms with van der Waals surface area (Å²) >= 11 is 12.2. The first-order valence-corrected chi connectivity index (χ1v) is 14.0. The van der Waals surface area contributed by atoms with E-state index in [2.05, 4.69) is 10.6 Å². The van der Waals surface area contributed by atoms with Crippen LogP contribution in [0.15, 0.2) is 47.3 Å². The minimum atomic E-state index is -1.20. The van der Waals surface area contributed by atoms with Crippen LogP contribution in [0.2, 0.25) is 10.0 Å². The van der Waals surface area contributed by atoms with Gasteiger partial charge >= 0.3 is 5.97 Å². The number of hydrogen-bond acceptors (Lipinski definition) is 6. The number of carboxylic acid groups (broad SMARTS) is 1. The van der Waals surface area contributed by atoms with Crippen molar-refractivity contribution in [2.45, 2.75) is 64.2 Å². The van der Waals surface area contributed by atoms with E-state index in [1.165, 1.54) is 10.6 Å². The molecule has 12 heteroatoms. The predicted octanol–water partition coefficient (Wildman–Crippen LogP) is 4.29. The van der Waals surface area contributed by atoms with Crippen molar-refractivity contribution in [3.63, 3.8) is 0 Å². The van der Waals surface area contributed by atoms with E-state index in [0.29, 0.717) is 52.7 Å². The topological polar surface area (TPSA) is 134 Å². The van der Waals surface area contributed by atoms with E-state index in [1.54, 1.807) is 41.3 Å². The molecule has 10 nitrogen and oxygen atoms in total. The molecule has 2 aromatic carbocycles. The molecular weight excluding hydrogens is 569 g/mol. The number of carbonyl (C=O) groups is 3. The van der Waals surface area contributed by atoms with Gasteiger partial charge in [0.1, 0.15) is 5.54 Å². The van der Waals surface area contributed by atoms with Crippen molar-refractivity contribution in [1.82, 2.24) is 19.8 Å².